The summed E-state index contributed by atoms with van der Waals surface area (Å²) in [5.41, 5.74) is 1.63. The Morgan fingerprint density at radius 3 is 2.63 bits per heavy atom. The van der Waals surface area contributed by atoms with E-state index in [4.69, 9.17) is 17.0 Å². The summed E-state index contributed by atoms with van der Waals surface area (Å²) in [6.45, 7) is -0.121. The highest BCUT2D eigenvalue weighted by Crippen LogP contribution is 2.35. The van der Waals surface area contributed by atoms with Crippen molar-refractivity contribution in [2.45, 2.75) is 0 Å². The first-order chi connectivity index (χ1) is 12.9. The monoisotopic (exact) mass is 403 g/mol. The summed E-state index contributed by atoms with van der Waals surface area (Å²) < 4.78 is 27.6. The van der Waals surface area contributed by atoms with E-state index >= 15 is 0 Å². The molecular weight excluding hydrogens is 392 g/mol. The van der Waals surface area contributed by atoms with E-state index in [1.54, 1.807) is 17.5 Å². The van der Waals surface area contributed by atoms with Crippen molar-refractivity contribution in [2.75, 3.05) is 11.4 Å². The molecule has 1 aliphatic heterocycles. The fourth-order valence-corrected chi connectivity index (χ4v) is 3.87. The third-order valence-electron chi connectivity index (χ3n) is 4.16. The van der Waals surface area contributed by atoms with Gasteiger partial charge in [-0.25, -0.2) is 13.8 Å². The number of nitrogens with one attached hydrogen (secondary N) is 1. The van der Waals surface area contributed by atoms with Crippen LogP contribution in [-0.4, -0.2) is 22.5 Å². The van der Waals surface area contributed by atoms with Crippen molar-refractivity contribution in [3.8, 4) is 11.3 Å². The van der Waals surface area contributed by atoms with Crippen LogP contribution in [0.3, 0.4) is 0 Å². The number of aliphatic hydroxyl groups excluding tert-OH is 1. The second kappa shape index (κ2) is 6.75. The van der Waals surface area contributed by atoms with Crippen LogP contribution in [0.25, 0.3) is 16.8 Å². The Morgan fingerprint density at radius 2 is 1.89 bits per heavy atom. The zero-order chi connectivity index (χ0) is 19.1. The summed E-state index contributed by atoms with van der Waals surface area (Å²) in [5, 5.41) is 21.5. The van der Waals surface area contributed by atoms with Crippen LogP contribution >= 0.6 is 22.9 Å². The van der Waals surface area contributed by atoms with Gasteiger partial charge < -0.3 is 10.0 Å². The molecule has 2 N–H and O–H groups in total. The van der Waals surface area contributed by atoms with Gasteiger partial charge in [0, 0.05) is 22.0 Å². The highest BCUT2D eigenvalue weighted by molar-refractivity contribution is 7.11. The number of halogens is 3. The van der Waals surface area contributed by atoms with Crippen molar-refractivity contribution in [1.82, 2.24) is 4.98 Å². The molecular formula is C19H12ClF2N3OS. The number of amidine groups is 1. The molecule has 0 unspecified atom stereocenters. The SMILES string of the molecule is N=C1C(c2nc(-c3ccc(Cl)cc3)cs2)=C(O)CN1c1cc(F)ccc1F. The molecule has 0 saturated heterocycles. The molecule has 0 fully saturated rings. The zero-order valence-corrected chi connectivity index (χ0v) is 15.3. The molecule has 27 heavy (non-hydrogen) atoms. The summed E-state index contributed by atoms with van der Waals surface area (Å²) in [6, 6.07) is 10.1. The molecule has 2 aromatic carbocycles. The second-order valence-electron chi connectivity index (χ2n) is 5.90. The summed E-state index contributed by atoms with van der Waals surface area (Å²) in [5.74, 6) is -1.53. The average Bonchev–Trinajstić information content (AvgIpc) is 3.22. The number of anilines is 1. The van der Waals surface area contributed by atoms with E-state index in [2.05, 4.69) is 4.98 Å². The van der Waals surface area contributed by atoms with Gasteiger partial charge in [-0.2, -0.15) is 0 Å². The van der Waals surface area contributed by atoms with Crippen molar-refractivity contribution in [3.63, 3.8) is 0 Å². The topological polar surface area (TPSA) is 60.2 Å². The number of nitrogens with zero attached hydrogens (tertiary/aromatic N) is 2. The van der Waals surface area contributed by atoms with Crippen molar-refractivity contribution < 1.29 is 13.9 Å². The van der Waals surface area contributed by atoms with E-state index in [9.17, 15) is 13.9 Å². The van der Waals surface area contributed by atoms with Gasteiger partial charge >= 0.3 is 0 Å². The van der Waals surface area contributed by atoms with Crippen molar-refractivity contribution in [3.05, 3.63) is 75.3 Å². The van der Waals surface area contributed by atoms with Gasteiger partial charge in [0.25, 0.3) is 0 Å². The molecule has 0 saturated carbocycles. The van der Waals surface area contributed by atoms with Crippen molar-refractivity contribution in [2.24, 2.45) is 0 Å². The van der Waals surface area contributed by atoms with Crippen LogP contribution in [0.2, 0.25) is 5.02 Å². The lowest BCUT2D eigenvalue weighted by atomic mass is 10.2. The van der Waals surface area contributed by atoms with Gasteiger partial charge in [0.1, 0.15) is 28.2 Å². The minimum atomic E-state index is -0.670. The second-order valence-corrected chi connectivity index (χ2v) is 7.19. The Morgan fingerprint density at radius 1 is 1.15 bits per heavy atom. The lowest BCUT2D eigenvalue weighted by Crippen LogP contribution is -2.27. The highest BCUT2D eigenvalue weighted by Gasteiger charge is 2.32. The molecule has 136 valence electrons. The summed E-state index contributed by atoms with van der Waals surface area (Å²) in [6.07, 6.45) is 0. The first kappa shape index (κ1) is 17.6. The van der Waals surface area contributed by atoms with Gasteiger partial charge in [0.2, 0.25) is 0 Å². The lowest BCUT2D eigenvalue weighted by molar-refractivity contribution is 0.411. The van der Waals surface area contributed by atoms with Gasteiger partial charge in [0.15, 0.2) is 0 Å². The maximum atomic E-state index is 14.1. The maximum Gasteiger partial charge on any atom is 0.147 e. The van der Waals surface area contributed by atoms with Crippen LogP contribution in [0.5, 0.6) is 0 Å². The highest BCUT2D eigenvalue weighted by atomic mass is 35.5. The maximum absolute atomic E-state index is 14.1. The van der Waals surface area contributed by atoms with E-state index in [-0.39, 0.29) is 29.4 Å². The normalized spacial score (nSPS) is 14.3. The molecule has 1 aromatic heterocycles. The van der Waals surface area contributed by atoms with Crippen LogP contribution in [0.4, 0.5) is 14.5 Å². The number of thiazole rings is 1. The Bertz CT molecular complexity index is 1080. The number of aromatic nitrogens is 1. The molecule has 0 amide bonds. The first-order valence-electron chi connectivity index (χ1n) is 7.89. The molecule has 2 heterocycles. The Kier molecular flexibility index (Phi) is 4.41. The lowest BCUT2D eigenvalue weighted by Gasteiger charge is -2.19. The number of rotatable bonds is 3. The number of aliphatic hydroxyl groups is 1. The van der Waals surface area contributed by atoms with Gasteiger partial charge in [-0.15, -0.1) is 11.3 Å². The summed E-state index contributed by atoms with van der Waals surface area (Å²) in [4.78, 5) is 5.70. The van der Waals surface area contributed by atoms with Crippen LogP contribution < -0.4 is 4.90 Å². The largest absolute Gasteiger partial charge is 0.510 e. The smallest absolute Gasteiger partial charge is 0.147 e. The summed E-state index contributed by atoms with van der Waals surface area (Å²) >= 11 is 7.16. The third-order valence-corrected chi connectivity index (χ3v) is 5.27. The molecule has 4 nitrogen and oxygen atoms in total. The third kappa shape index (κ3) is 3.20. The Balaban J connectivity index is 1.67. The van der Waals surface area contributed by atoms with Crippen molar-refractivity contribution >= 4 is 40.0 Å². The Labute approximate surface area is 162 Å². The number of hydrogen-bond acceptors (Lipinski definition) is 4. The average molecular weight is 404 g/mol. The fourth-order valence-electron chi connectivity index (χ4n) is 2.84. The molecule has 4 rings (SSSR count). The predicted molar refractivity (Wildman–Crippen MR) is 104 cm³/mol. The molecule has 0 atom stereocenters. The molecule has 0 radical (unpaired) electrons. The van der Waals surface area contributed by atoms with E-state index in [1.165, 1.54) is 16.2 Å². The molecule has 3 aromatic rings. The van der Waals surface area contributed by atoms with Gasteiger partial charge in [-0.3, -0.25) is 5.41 Å². The fraction of sp³-hybridized carbons (Fsp3) is 0.0526. The molecule has 1 aliphatic rings. The summed E-state index contributed by atoms with van der Waals surface area (Å²) in [7, 11) is 0. The van der Waals surface area contributed by atoms with Gasteiger partial charge in [-0.05, 0) is 24.3 Å². The van der Waals surface area contributed by atoms with Crippen LogP contribution in [0, 0.1) is 17.0 Å². The van der Waals surface area contributed by atoms with E-state index < -0.39 is 11.6 Å². The van der Waals surface area contributed by atoms with Crippen LogP contribution in [-0.2, 0) is 0 Å². The first-order valence-corrected chi connectivity index (χ1v) is 9.15. The van der Waals surface area contributed by atoms with Gasteiger partial charge in [-0.1, -0.05) is 23.7 Å². The van der Waals surface area contributed by atoms with Crippen molar-refractivity contribution in [1.29, 1.82) is 5.41 Å². The molecule has 8 heteroatoms. The predicted octanol–water partition coefficient (Wildman–Crippen LogP) is 5.51. The van der Waals surface area contributed by atoms with E-state index in [0.29, 0.717) is 15.7 Å². The number of benzene rings is 2. The van der Waals surface area contributed by atoms with E-state index in [1.807, 2.05) is 12.1 Å². The molecule has 0 aliphatic carbocycles. The van der Waals surface area contributed by atoms with Crippen LogP contribution in [0.15, 0.2) is 53.6 Å². The zero-order valence-electron chi connectivity index (χ0n) is 13.7. The molecule has 0 bridgehead atoms. The van der Waals surface area contributed by atoms with Gasteiger partial charge in [0.05, 0.1) is 23.5 Å². The van der Waals surface area contributed by atoms with E-state index in [0.717, 1.165) is 23.8 Å². The van der Waals surface area contributed by atoms with Crippen LogP contribution in [0.1, 0.15) is 5.01 Å². The molecule has 0 spiro atoms. The minimum absolute atomic E-state index is 0.101. The Hall–Kier alpha value is -2.77. The minimum Gasteiger partial charge on any atom is -0.510 e. The number of hydrogen-bond donors (Lipinski definition) is 2. The standard InChI is InChI=1S/C19H12ClF2N3OS/c20-11-3-1-10(2-4-11)14-9-27-19(24-14)17-16(26)8-25(18(17)23)15-7-12(21)5-6-13(15)22/h1-7,9,23,26H,8H2. The quantitative estimate of drug-likeness (QED) is 0.606.